The average Bonchev–Trinajstić information content (AvgIpc) is 2.83. The molecule has 0 atom stereocenters. The second-order valence-corrected chi connectivity index (χ2v) is 6.83. The van der Waals surface area contributed by atoms with Crippen LogP contribution in [-0.2, 0) is 17.6 Å². The lowest BCUT2D eigenvalue weighted by atomic mass is 10.1. The highest BCUT2D eigenvalue weighted by Gasteiger charge is 2.10. The second kappa shape index (κ2) is 8.02. The molecular formula is C14H16BrN5OS. The van der Waals surface area contributed by atoms with Crippen LogP contribution in [0.1, 0.15) is 18.2 Å². The molecule has 1 aromatic carbocycles. The van der Waals surface area contributed by atoms with E-state index in [0.717, 1.165) is 28.0 Å². The minimum absolute atomic E-state index is 0.115. The maximum atomic E-state index is 11.0. The number of carbonyl (C=O) groups excluding carboxylic acids is 1. The number of hydrogen-bond acceptors (Lipinski definition) is 5. The number of nitrogens with one attached hydrogen (secondary N) is 2. The first-order chi connectivity index (χ1) is 10.6. The molecule has 0 aliphatic heterocycles. The number of aryl methyl sites for hydroxylation is 2. The number of aromatic nitrogens is 1. The normalized spacial score (nSPS) is 10.9. The van der Waals surface area contributed by atoms with Crippen molar-refractivity contribution in [3.63, 3.8) is 0 Å². The largest absolute Gasteiger partial charge is 0.315 e. The predicted octanol–water partition coefficient (Wildman–Crippen LogP) is 2.77. The van der Waals surface area contributed by atoms with Crippen LogP contribution in [0.5, 0.6) is 0 Å². The van der Waals surface area contributed by atoms with Gasteiger partial charge in [-0.1, -0.05) is 23.5 Å². The summed E-state index contributed by atoms with van der Waals surface area (Å²) < 4.78 is 0.950. The molecule has 4 N–H and O–H groups in total. The van der Waals surface area contributed by atoms with Crippen LogP contribution in [0.15, 0.2) is 33.0 Å². The quantitative estimate of drug-likeness (QED) is 0.310. The Labute approximate surface area is 141 Å². The van der Waals surface area contributed by atoms with E-state index in [4.69, 9.17) is 5.84 Å². The Kier molecular flexibility index (Phi) is 6.05. The number of rotatable bonds is 6. The van der Waals surface area contributed by atoms with Crippen molar-refractivity contribution >= 4 is 50.3 Å². The van der Waals surface area contributed by atoms with Gasteiger partial charge in [0.05, 0.1) is 15.2 Å². The molecule has 0 aliphatic rings. The van der Waals surface area contributed by atoms with Gasteiger partial charge in [-0.3, -0.25) is 4.79 Å². The van der Waals surface area contributed by atoms with Crippen molar-refractivity contribution < 1.29 is 4.79 Å². The summed E-state index contributed by atoms with van der Waals surface area (Å²) in [6, 6.07) is 7.92. The summed E-state index contributed by atoms with van der Waals surface area (Å²) in [6.07, 6.45) is 3.09. The minimum atomic E-state index is -0.115. The Bertz CT molecular complexity index is 668. The van der Waals surface area contributed by atoms with Gasteiger partial charge in [0.15, 0.2) is 5.13 Å². The minimum Gasteiger partial charge on any atom is -0.315 e. The van der Waals surface area contributed by atoms with Gasteiger partial charge in [-0.05, 0) is 46.5 Å². The summed E-state index contributed by atoms with van der Waals surface area (Å²) in [7, 11) is 0. The third kappa shape index (κ3) is 4.90. The van der Waals surface area contributed by atoms with Crippen LogP contribution in [0, 0.1) is 0 Å². The van der Waals surface area contributed by atoms with E-state index >= 15 is 0 Å². The number of carbonyl (C=O) groups is 1. The fraction of sp³-hybridized carbons (Fsp3) is 0.214. The number of nitrogens with zero attached hydrogens (tertiary/aromatic N) is 2. The Balaban J connectivity index is 1.96. The molecule has 0 aliphatic carbocycles. The number of benzene rings is 1. The van der Waals surface area contributed by atoms with Crippen molar-refractivity contribution in [1.29, 1.82) is 0 Å². The van der Waals surface area contributed by atoms with Crippen LogP contribution in [-0.4, -0.2) is 17.2 Å². The lowest BCUT2D eigenvalue weighted by Crippen LogP contribution is -2.18. The summed E-state index contributed by atoms with van der Waals surface area (Å²) in [5.74, 6) is 5.01. The molecular weight excluding hydrogens is 366 g/mol. The molecule has 116 valence electrons. The molecule has 6 nitrogen and oxygen atoms in total. The fourth-order valence-electron chi connectivity index (χ4n) is 1.81. The lowest BCUT2D eigenvalue weighted by Gasteiger charge is -2.01. The van der Waals surface area contributed by atoms with Crippen molar-refractivity contribution in [1.82, 2.24) is 10.4 Å². The van der Waals surface area contributed by atoms with Crippen LogP contribution < -0.4 is 16.6 Å². The zero-order chi connectivity index (χ0) is 15.9. The van der Waals surface area contributed by atoms with Crippen LogP contribution in [0.2, 0.25) is 0 Å². The fourth-order valence-corrected chi connectivity index (χ4v) is 3.35. The first-order valence-corrected chi connectivity index (χ1v) is 8.20. The Morgan fingerprint density at radius 3 is 2.77 bits per heavy atom. The number of halogens is 1. The van der Waals surface area contributed by atoms with Crippen molar-refractivity contribution in [2.75, 3.05) is 5.32 Å². The first kappa shape index (κ1) is 16.6. The number of hydrazine groups is 1. The van der Waals surface area contributed by atoms with E-state index in [9.17, 15) is 4.79 Å². The van der Waals surface area contributed by atoms with E-state index in [1.54, 1.807) is 0 Å². The molecule has 0 unspecified atom stereocenters. The van der Waals surface area contributed by atoms with E-state index in [2.05, 4.69) is 36.6 Å². The zero-order valence-corrected chi connectivity index (χ0v) is 14.4. The van der Waals surface area contributed by atoms with Gasteiger partial charge in [-0.2, -0.15) is 0 Å². The maximum absolute atomic E-state index is 11.0. The van der Waals surface area contributed by atoms with Gasteiger partial charge in [0.2, 0.25) is 5.91 Å². The third-order valence-corrected chi connectivity index (χ3v) is 4.55. The number of amides is 1. The van der Waals surface area contributed by atoms with Gasteiger partial charge in [-0.25, -0.2) is 15.8 Å². The molecule has 0 fully saturated rings. The Hall–Kier alpha value is -1.77. The molecule has 1 amide bonds. The van der Waals surface area contributed by atoms with Crippen molar-refractivity contribution in [2.45, 2.75) is 19.8 Å². The highest BCUT2D eigenvalue weighted by Crippen LogP contribution is 2.29. The second-order valence-electron chi connectivity index (χ2n) is 4.51. The van der Waals surface area contributed by atoms with Gasteiger partial charge in [0.1, 0.15) is 6.34 Å². The molecule has 1 heterocycles. The number of aliphatic imine (C=N–C) groups is 1. The highest BCUT2D eigenvalue weighted by molar-refractivity contribution is 9.11. The summed E-state index contributed by atoms with van der Waals surface area (Å²) in [4.78, 5) is 19.6. The summed E-state index contributed by atoms with van der Waals surface area (Å²) in [5.41, 5.74) is 5.35. The van der Waals surface area contributed by atoms with Gasteiger partial charge in [0, 0.05) is 6.92 Å². The predicted molar refractivity (Wildman–Crippen MR) is 93.4 cm³/mol. The zero-order valence-electron chi connectivity index (χ0n) is 12.0. The van der Waals surface area contributed by atoms with E-state index in [1.807, 2.05) is 24.3 Å². The van der Waals surface area contributed by atoms with Crippen molar-refractivity contribution in [3.05, 3.63) is 39.3 Å². The maximum Gasteiger partial charge on any atom is 0.223 e. The average molecular weight is 382 g/mol. The molecule has 22 heavy (non-hydrogen) atoms. The van der Waals surface area contributed by atoms with Crippen LogP contribution >= 0.6 is 27.3 Å². The van der Waals surface area contributed by atoms with Crippen molar-refractivity contribution in [2.24, 2.45) is 10.8 Å². The van der Waals surface area contributed by atoms with Crippen LogP contribution in [0.25, 0.3) is 0 Å². The summed E-state index contributed by atoms with van der Waals surface area (Å²) >= 11 is 4.91. The molecule has 0 saturated heterocycles. The SMILES string of the molecule is CC(=O)Nc1nc(CCc2ccc(N=CNN)cc2)c(Br)s1. The summed E-state index contributed by atoms with van der Waals surface area (Å²) in [5, 5.41) is 3.32. The smallest absolute Gasteiger partial charge is 0.223 e. The molecule has 1 aromatic heterocycles. The number of hydrogen-bond donors (Lipinski definition) is 3. The molecule has 0 radical (unpaired) electrons. The van der Waals surface area contributed by atoms with E-state index in [0.29, 0.717) is 5.13 Å². The van der Waals surface area contributed by atoms with Gasteiger partial charge >= 0.3 is 0 Å². The number of nitrogens with two attached hydrogens (primary N) is 1. The Morgan fingerprint density at radius 2 is 2.14 bits per heavy atom. The van der Waals surface area contributed by atoms with Crippen molar-refractivity contribution in [3.8, 4) is 0 Å². The van der Waals surface area contributed by atoms with E-state index < -0.39 is 0 Å². The molecule has 0 spiro atoms. The molecule has 0 bridgehead atoms. The van der Waals surface area contributed by atoms with E-state index in [1.165, 1.54) is 30.2 Å². The summed E-state index contributed by atoms with van der Waals surface area (Å²) in [6.45, 7) is 1.47. The van der Waals surface area contributed by atoms with Gasteiger partial charge < -0.3 is 10.7 Å². The standard InChI is InChI=1S/C14H16BrN5OS/c1-9(21)19-14-20-12(13(15)22-14)7-4-10-2-5-11(6-3-10)17-8-18-16/h2-3,5-6,8H,4,7,16H2,1H3,(H,17,18)(H,19,20,21). The lowest BCUT2D eigenvalue weighted by molar-refractivity contribution is -0.114. The first-order valence-electron chi connectivity index (χ1n) is 6.59. The number of anilines is 1. The van der Waals surface area contributed by atoms with Crippen LogP contribution in [0.4, 0.5) is 10.8 Å². The molecule has 0 saturated carbocycles. The molecule has 2 aromatic rings. The molecule has 2 rings (SSSR count). The van der Waals surface area contributed by atoms with Crippen LogP contribution in [0.3, 0.4) is 0 Å². The van der Waals surface area contributed by atoms with Gasteiger partial charge in [0.25, 0.3) is 0 Å². The van der Waals surface area contributed by atoms with E-state index in [-0.39, 0.29) is 5.91 Å². The topological polar surface area (TPSA) is 92.4 Å². The van der Waals surface area contributed by atoms with Gasteiger partial charge in [-0.15, -0.1) is 0 Å². The monoisotopic (exact) mass is 381 g/mol. The highest BCUT2D eigenvalue weighted by atomic mass is 79.9. The third-order valence-electron chi connectivity index (χ3n) is 2.81. The molecule has 8 heteroatoms. The number of thiazole rings is 1. The Morgan fingerprint density at radius 1 is 1.41 bits per heavy atom.